The quantitative estimate of drug-likeness (QED) is 0.317. The first kappa shape index (κ1) is 14.7. The molecule has 4 rings (SSSR count). The van der Waals surface area contributed by atoms with E-state index in [2.05, 4.69) is 79.7 Å². The number of halogens is 2. The number of rotatable bonds is 2. The molecule has 0 radical (unpaired) electrons. The Bertz CT molecular complexity index is 979. The van der Waals surface area contributed by atoms with E-state index in [0.29, 0.717) is 5.15 Å². The number of hydrogen-bond donors (Lipinski definition) is 0. The summed E-state index contributed by atoms with van der Waals surface area (Å²) in [6.07, 6.45) is 3.57. The molecule has 0 aliphatic carbocycles. The Hall–Kier alpha value is -1.92. The lowest BCUT2D eigenvalue weighted by atomic mass is 10.1. The molecule has 0 bridgehead atoms. The van der Waals surface area contributed by atoms with Crippen LogP contribution in [0.1, 0.15) is 0 Å². The van der Waals surface area contributed by atoms with E-state index in [1.807, 2.05) is 18.2 Å². The third kappa shape index (κ3) is 2.62. The third-order valence-corrected chi connectivity index (χ3v) is 4.73. The van der Waals surface area contributed by atoms with E-state index >= 15 is 0 Å². The van der Waals surface area contributed by atoms with Gasteiger partial charge in [0.05, 0.1) is 5.39 Å². The van der Waals surface area contributed by atoms with Crippen LogP contribution in [0.5, 0.6) is 0 Å². The molecule has 0 amide bonds. The fourth-order valence-corrected chi connectivity index (χ4v) is 3.25. The van der Waals surface area contributed by atoms with Gasteiger partial charge >= 0.3 is 0 Å². The van der Waals surface area contributed by atoms with Crippen molar-refractivity contribution < 1.29 is 0 Å². The fourth-order valence-electron chi connectivity index (χ4n) is 2.66. The summed E-state index contributed by atoms with van der Waals surface area (Å²) in [6.45, 7) is 0. The molecule has 5 heteroatoms. The predicted octanol–water partition coefficient (Wildman–Crippen LogP) is 5.35. The molecule has 2 aromatic heterocycles. The van der Waals surface area contributed by atoms with Crippen LogP contribution >= 0.6 is 34.2 Å². The van der Waals surface area contributed by atoms with Gasteiger partial charge in [0.15, 0.2) is 0 Å². The SMILES string of the molecule is Clc1ncnc2c1c(-c1ccccc1)cn2-c1ccc(I)cc1. The number of nitrogens with zero attached hydrogens (tertiary/aromatic N) is 3. The fraction of sp³-hybridized carbons (Fsp3) is 0. The zero-order valence-corrected chi connectivity index (χ0v) is 14.9. The first-order chi connectivity index (χ1) is 11.2. The standard InChI is InChI=1S/C18H11ClIN3/c19-17-16-15(12-4-2-1-3-5-12)10-23(18(16)22-11-21-17)14-8-6-13(20)7-9-14/h1-11H. The highest BCUT2D eigenvalue weighted by atomic mass is 127. The first-order valence-corrected chi connectivity index (χ1v) is 8.52. The lowest BCUT2D eigenvalue weighted by Gasteiger charge is -2.04. The molecule has 2 heterocycles. The summed E-state index contributed by atoms with van der Waals surface area (Å²) in [4.78, 5) is 8.61. The van der Waals surface area contributed by atoms with Crippen LogP contribution in [-0.4, -0.2) is 14.5 Å². The molecule has 2 aromatic carbocycles. The van der Waals surface area contributed by atoms with Crippen molar-refractivity contribution in [2.45, 2.75) is 0 Å². The summed E-state index contributed by atoms with van der Waals surface area (Å²) in [5.74, 6) is 0. The Labute approximate surface area is 152 Å². The minimum absolute atomic E-state index is 0.470. The first-order valence-electron chi connectivity index (χ1n) is 7.07. The summed E-state index contributed by atoms with van der Waals surface area (Å²) in [6, 6.07) is 18.5. The minimum atomic E-state index is 0.470. The Morgan fingerprint density at radius 1 is 0.913 bits per heavy atom. The average Bonchev–Trinajstić information content (AvgIpc) is 2.97. The van der Waals surface area contributed by atoms with Gasteiger partial charge in [-0.2, -0.15) is 0 Å². The van der Waals surface area contributed by atoms with Crippen LogP contribution in [-0.2, 0) is 0 Å². The molecule has 0 aliphatic heterocycles. The lowest BCUT2D eigenvalue weighted by Crippen LogP contribution is -1.94. The molecular weight excluding hydrogens is 421 g/mol. The van der Waals surface area contributed by atoms with E-state index in [4.69, 9.17) is 11.6 Å². The van der Waals surface area contributed by atoms with Crippen LogP contribution in [0.15, 0.2) is 67.1 Å². The number of benzene rings is 2. The summed E-state index contributed by atoms with van der Waals surface area (Å²) < 4.78 is 3.25. The normalized spacial score (nSPS) is 11.0. The summed E-state index contributed by atoms with van der Waals surface area (Å²) >= 11 is 8.67. The van der Waals surface area contributed by atoms with Crippen molar-refractivity contribution in [1.82, 2.24) is 14.5 Å². The van der Waals surface area contributed by atoms with Crippen LogP contribution in [0.25, 0.3) is 27.8 Å². The Morgan fingerprint density at radius 3 is 2.39 bits per heavy atom. The highest BCUT2D eigenvalue weighted by Crippen LogP contribution is 2.34. The van der Waals surface area contributed by atoms with E-state index in [0.717, 1.165) is 27.8 Å². The topological polar surface area (TPSA) is 30.7 Å². The molecule has 0 fully saturated rings. The van der Waals surface area contributed by atoms with Crippen molar-refractivity contribution in [3.8, 4) is 16.8 Å². The largest absolute Gasteiger partial charge is 0.301 e. The van der Waals surface area contributed by atoms with E-state index in [9.17, 15) is 0 Å². The van der Waals surface area contributed by atoms with Crippen LogP contribution in [0, 0.1) is 3.57 Å². The minimum Gasteiger partial charge on any atom is -0.301 e. The van der Waals surface area contributed by atoms with Gasteiger partial charge in [0, 0.05) is 21.0 Å². The average molecular weight is 432 g/mol. The van der Waals surface area contributed by atoms with Crippen molar-refractivity contribution >= 4 is 45.2 Å². The zero-order chi connectivity index (χ0) is 15.8. The maximum atomic E-state index is 6.37. The molecule has 0 N–H and O–H groups in total. The van der Waals surface area contributed by atoms with Gasteiger partial charge in [-0.15, -0.1) is 0 Å². The van der Waals surface area contributed by atoms with E-state index < -0.39 is 0 Å². The summed E-state index contributed by atoms with van der Waals surface area (Å²) in [5.41, 5.74) is 3.99. The molecular formula is C18H11ClIN3. The molecule has 3 nitrogen and oxygen atoms in total. The highest BCUT2D eigenvalue weighted by molar-refractivity contribution is 14.1. The monoisotopic (exact) mass is 431 g/mol. The molecule has 0 unspecified atom stereocenters. The van der Waals surface area contributed by atoms with Crippen LogP contribution in [0.2, 0.25) is 5.15 Å². The third-order valence-electron chi connectivity index (χ3n) is 3.73. The van der Waals surface area contributed by atoms with Crippen molar-refractivity contribution in [3.63, 3.8) is 0 Å². The summed E-state index contributed by atoms with van der Waals surface area (Å²) in [7, 11) is 0. The second kappa shape index (κ2) is 5.94. The molecule has 23 heavy (non-hydrogen) atoms. The molecule has 0 saturated heterocycles. The lowest BCUT2D eigenvalue weighted by molar-refractivity contribution is 1.07. The van der Waals surface area contributed by atoms with E-state index in [1.165, 1.54) is 9.90 Å². The Morgan fingerprint density at radius 2 is 1.65 bits per heavy atom. The van der Waals surface area contributed by atoms with Gasteiger partial charge in [0.2, 0.25) is 0 Å². The van der Waals surface area contributed by atoms with Crippen LogP contribution in [0.3, 0.4) is 0 Å². The molecule has 0 saturated carbocycles. The molecule has 0 spiro atoms. The van der Waals surface area contributed by atoms with Gasteiger partial charge in [-0.05, 0) is 52.4 Å². The second-order valence-electron chi connectivity index (χ2n) is 5.12. The van der Waals surface area contributed by atoms with Gasteiger partial charge in [0.25, 0.3) is 0 Å². The van der Waals surface area contributed by atoms with Gasteiger partial charge in [-0.1, -0.05) is 41.9 Å². The van der Waals surface area contributed by atoms with Crippen molar-refractivity contribution in [2.24, 2.45) is 0 Å². The van der Waals surface area contributed by atoms with Gasteiger partial charge < -0.3 is 4.57 Å². The highest BCUT2D eigenvalue weighted by Gasteiger charge is 2.16. The number of hydrogen-bond acceptors (Lipinski definition) is 2. The van der Waals surface area contributed by atoms with Crippen molar-refractivity contribution in [3.05, 3.63) is 75.8 Å². The van der Waals surface area contributed by atoms with Crippen LogP contribution < -0.4 is 0 Å². The van der Waals surface area contributed by atoms with Crippen molar-refractivity contribution in [2.75, 3.05) is 0 Å². The van der Waals surface area contributed by atoms with E-state index in [-0.39, 0.29) is 0 Å². The van der Waals surface area contributed by atoms with Crippen LogP contribution in [0.4, 0.5) is 0 Å². The van der Waals surface area contributed by atoms with Gasteiger partial charge in [-0.25, -0.2) is 9.97 Å². The van der Waals surface area contributed by atoms with Crippen molar-refractivity contribution in [1.29, 1.82) is 0 Å². The maximum Gasteiger partial charge on any atom is 0.150 e. The maximum absolute atomic E-state index is 6.37. The molecule has 0 aliphatic rings. The predicted molar refractivity (Wildman–Crippen MR) is 102 cm³/mol. The number of fused-ring (bicyclic) bond motifs is 1. The molecule has 4 aromatic rings. The summed E-state index contributed by atoms with van der Waals surface area (Å²) in [5, 5.41) is 1.34. The van der Waals surface area contributed by atoms with Gasteiger partial charge in [-0.3, -0.25) is 0 Å². The zero-order valence-electron chi connectivity index (χ0n) is 11.9. The molecule has 0 atom stereocenters. The Balaban J connectivity index is 2.03. The van der Waals surface area contributed by atoms with Gasteiger partial charge in [0.1, 0.15) is 17.1 Å². The van der Waals surface area contributed by atoms with E-state index in [1.54, 1.807) is 0 Å². The number of aromatic nitrogens is 3. The Kier molecular flexibility index (Phi) is 3.79. The molecule has 112 valence electrons. The second-order valence-corrected chi connectivity index (χ2v) is 6.72. The smallest absolute Gasteiger partial charge is 0.150 e.